The molecule has 0 bridgehead atoms. The average molecular weight is 322 g/mol. The van der Waals surface area contributed by atoms with Gasteiger partial charge in [-0.05, 0) is 49.1 Å². The van der Waals surface area contributed by atoms with E-state index in [4.69, 9.17) is 0 Å². The van der Waals surface area contributed by atoms with Crippen molar-refractivity contribution in [2.24, 2.45) is 5.92 Å². The predicted molar refractivity (Wildman–Crippen MR) is 88.8 cm³/mol. The molecular formula is C17H26N2O2S. The molecule has 22 heavy (non-hydrogen) atoms. The summed E-state index contributed by atoms with van der Waals surface area (Å²) in [6.45, 7) is 3.45. The summed E-state index contributed by atoms with van der Waals surface area (Å²) in [4.78, 5) is 0. The maximum absolute atomic E-state index is 13.0. The molecular weight excluding hydrogens is 296 g/mol. The minimum absolute atomic E-state index is 0.0211. The van der Waals surface area contributed by atoms with Gasteiger partial charge in [0.25, 0.3) is 10.2 Å². The van der Waals surface area contributed by atoms with E-state index in [2.05, 4.69) is 19.1 Å². The fourth-order valence-corrected chi connectivity index (χ4v) is 5.51. The third kappa shape index (κ3) is 2.94. The number of fused-ring (bicyclic) bond motifs is 1. The minimum Gasteiger partial charge on any atom is -0.195 e. The monoisotopic (exact) mass is 322 g/mol. The third-order valence-electron chi connectivity index (χ3n) is 5.09. The van der Waals surface area contributed by atoms with Crippen molar-refractivity contribution in [3.05, 3.63) is 35.4 Å². The lowest BCUT2D eigenvalue weighted by atomic mass is 9.88. The summed E-state index contributed by atoms with van der Waals surface area (Å²) in [6.07, 6.45) is 5.12. The van der Waals surface area contributed by atoms with Gasteiger partial charge >= 0.3 is 0 Å². The van der Waals surface area contributed by atoms with Crippen molar-refractivity contribution in [1.29, 1.82) is 0 Å². The van der Waals surface area contributed by atoms with Crippen LogP contribution in [0.15, 0.2) is 24.3 Å². The Kier molecular flexibility index (Phi) is 4.57. The molecule has 3 rings (SSSR count). The van der Waals surface area contributed by atoms with Gasteiger partial charge in [-0.3, -0.25) is 0 Å². The van der Waals surface area contributed by atoms with Gasteiger partial charge in [0.1, 0.15) is 0 Å². The van der Waals surface area contributed by atoms with Crippen molar-refractivity contribution < 1.29 is 8.42 Å². The smallest absolute Gasteiger partial charge is 0.195 e. The highest BCUT2D eigenvalue weighted by Gasteiger charge is 2.36. The van der Waals surface area contributed by atoms with E-state index < -0.39 is 10.2 Å². The number of hydrogen-bond donors (Lipinski definition) is 0. The van der Waals surface area contributed by atoms with Gasteiger partial charge in [-0.25, -0.2) is 0 Å². The molecule has 122 valence electrons. The van der Waals surface area contributed by atoms with Gasteiger partial charge in [0.15, 0.2) is 0 Å². The van der Waals surface area contributed by atoms with Crippen LogP contribution in [0.1, 0.15) is 49.8 Å². The lowest BCUT2D eigenvalue weighted by Gasteiger charge is -2.38. The zero-order chi connectivity index (χ0) is 15.7. The number of piperidine rings is 1. The number of hydrogen-bond acceptors (Lipinski definition) is 2. The topological polar surface area (TPSA) is 40.6 Å². The highest BCUT2D eigenvalue weighted by Crippen LogP contribution is 2.36. The fourth-order valence-electron chi connectivity index (χ4n) is 3.80. The SMILES string of the molecule is C[C@H]1CCCN(S(=O)(=O)N(C)[C@@H]2CCCc3ccccc32)C1. The van der Waals surface area contributed by atoms with Gasteiger partial charge in [-0.1, -0.05) is 31.2 Å². The van der Waals surface area contributed by atoms with Crippen LogP contribution in [-0.2, 0) is 16.6 Å². The molecule has 0 unspecified atom stereocenters. The zero-order valence-electron chi connectivity index (χ0n) is 13.5. The van der Waals surface area contributed by atoms with Crippen LogP contribution < -0.4 is 0 Å². The number of rotatable bonds is 3. The first-order chi connectivity index (χ1) is 10.5. The number of nitrogens with zero attached hydrogens (tertiary/aromatic N) is 2. The predicted octanol–water partition coefficient (Wildman–Crippen LogP) is 2.97. The maximum atomic E-state index is 13.0. The molecule has 1 aliphatic carbocycles. The van der Waals surface area contributed by atoms with Crippen LogP contribution in [0, 0.1) is 5.92 Å². The molecule has 0 aromatic heterocycles. The Morgan fingerprint density at radius 3 is 2.73 bits per heavy atom. The fraction of sp³-hybridized carbons (Fsp3) is 0.647. The Labute approximate surface area is 134 Å². The first kappa shape index (κ1) is 16.0. The summed E-state index contributed by atoms with van der Waals surface area (Å²) >= 11 is 0. The summed E-state index contributed by atoms with van der Waals surface area (Å²) < 4.78 is 29.3. The quantitative estimate of drug-likeness (QED) is 0.858. The molecule has 1 aliphatic heterocycles. The second kappa shape index (κ2) is 6.30. The second-order valence-electron chi connectivity index (χ2n) is 6.74. The Morgan fingerprint density at radius 2 is 1.95 bits per heavy atom. The largest absolute Gasteiger partial charge is 0.282 e. The maximum Gasteiger partial charge on any atom is 0.282 e. The van der Waals surface area contributed by atoms with Crippen LogP contribution in [0.5, 0.6) is 0 Å². The molecule has 4 nitrogen and oxygen atoms in total. The molecule has 0 amide bonds. The highest BCUT2D eigenvalue weighted by atomic mass is 32.2. The van der Waals surface area contributed by atoms with Crippen molar-refractivity contribution in [1.82, 2.24) is 8.61 Å². The van der Waals surface area contributed by atoms with Crippen molar-refractivity contribution in [3.63, 3.8) is 0 Å². The third-order valence-corrected chi connectivity index (χ3v) is 7.05. The molecule has 5 heteroatoms. The Morgan fingerprint density at radius 1 is 1.18 bits per heavy atom. The molecule has 0 spiro atoms. The van der Waals surface area contributed by atoms with Crippen molar-refractivity contribution in [2.75, 3.05) is 20.1 Å². The second-order valence-corrected chi connectivity index (χ2v) is 8.72. The molecule has 2 atom stereocenters. The molecule has 0 radical (unpaired) electrons. The van der Waals surface area contributed by atoms with E-state index in [-0.39, 0.29) is 6.04 Å². The molecule has 2 aliphatic rings. The van der Waals surface area contributed by atoms with Crippen molar-refractivity contribution >= 4 is 10.2 Å². The van der Waals surface area contributed by atoms with Gasteiger partial charge in [-0.15, -0.1) is 0 Å². The normalized spacial score (nSPS) is 26.9. The summed E-state index contributed by atoms with van der Waals surface area (Å²) in [5.41, 5.74) is 2.48. The molecule has 0 N–H and O–H groups in total. The van der Waals surface area contributed by atoms with Crippen LogP contribution in [0.25, 0.3) is 0 Å². The number of benzene rings is 1. The molecule has 1 saturated heterocycles. The van der Waals surface area contributed by atoms with E-state index in [1.54, 1.807) is 15.7 Å². The zero-order valence-corrected chi connectivity index (χ0v) is 14.3. The van der Waals surface area contributed by atoms with Crippen molar-refractivity contribution in [2.45, 2.75) is 45.1 Å². The van der Waals surface area contributed by atoms with Crippen LogP contribution in [0.4, 0.5) is 0 Å². The molecule has 1 aromatic carbocycles. The van der Waals surface area contributed by atoms with Gasteiger partial charge in [0, 0.05) is 20.1 Å². The number of aryl methyl sites for hydroxylation is 1. The summed E-state index contributed by atoms with van der Waals surface area (Å²) in [7, 11) is -1.62. The summed E-state index contributed by atoms with van der Waals surface area (Å²) in [6, 6.07) is 8.25. The Balaban J connectivity index is 1.86. The minimum atomic E-state index is -3.37. The van der Waals surface area contributed by atoms with E-state index in [1.807, 2.05) is 12.1 Å². The molecule has 1 aromatic rings. The van der Waals surface area contributed by atoms with E-state index in [0.29, 0.717) is 19.0 Å². The molecule has 0 saturated carbocycles. The van der Waals surface area contributed by atoms with E-state index >= 15 is 0 Å². The van der Waals surface area contributed by atoms with Crippen LogP contribution in [0.3, 0.4) is 0 Å². The van der Waals surface area contributed by atoms with Crippen LogP contribution in [-0.4, -0.2) is 37.2 Å². The van der Waals surface area contributed by atoms with E-state index in [0.717, 1.165) is 32.1 Å². The molecule has 1 fully saturated rings. The van der Waals surface area contributed by atoms with E-state index in [9.17, 15) is 8.42 Å². The van der Waals surface area contributed by atoms with Crippen LogP contribution in [0.2, 0.25) is 0 Å². The Hall–Kier alpha value is -0.910. The van der Waals surface area contributed by atoms with Crippen molar-refractivity contribution in [3.8, 4) is 0 Å². The average Bonchev–Trinajstić information content (AvgIpc) is 2.53. The van der Waals surface area contributed by atoms with Crippen LogP contribution >= 0.6 is 0 Å². The lowest BCUT2D eigenvalue weighted by Crippen LogP contribution is -2.47. The highest BCUT2D eigenvalue weighted by molar-refractivity contribution is 7.86. The Bertz CT molecular complexity index is 629. The van der Waals surface area contributed by atoms with Gasteiger partial charge < -0.3 is 0 Å². The van der Waals surface area contributed by atoms with Gasteiger partial charge in [0.05, 0.1) is 6.04 Å². The van der Waals surface area contributed by atoms with Gasteiger partial charge in [-0.2, -0.15) is 17.0 Å². The van der Waals surface area contributed by atoms with E-state index in [1.165, 1.54) is 11.1 Å². The summed E-state index contributed by atoms with van der Waals surface area (Å²) in [5.74, 6) is 0.454. The lowest BCUT2D eigenvalue weighted by molar-refractivity contribution is 0.245. The molecule has 1 heterocycles. The standard InChI is InChI=1S/C17H26N2O2S/c1-14-7-6-12-19(13-14)22(20,21)18(2)17-11-5-9-15-8-3-4-10-16(15)17/h3-4,8,10,14,17H,5-7,9,11-13H2,1-2H3/t14-,17+/m0/s1. The first-order valence-electron chi connectivity index (χ1n) is 8.31. The van der Waals surface area contributed by atoms with Gasteiger partial charge in [0.2, 0.25) is 0 Å². The first-order valence-corrected chi connectivity index (χ1v) is 9.70. The summed E-state index contributed by atoms with van der Waals surface area (Å²) in [5, 5.41) is 0.